The number of carbonyl (C=O) groups is 2. The molecule has 7 heteroatoms. The molecule has 0 bridgehead atoms. The molecule has 0 saturated carbocycles. The van der Waals surface area contributed by atoms with Crippen LogP contribution >= 0.6 is 0 Å². The molecule has 0 atom stereocenters. The van der Waals surface area contributed by atoms with Crippen molar-refractivity contribution in [3.63, 3.8) is 0 Å². The summed E-state index contributed by atoms with van der Waals surface area (Å²) < 4.78 is 10.3. The summed E-state index contributed by atoms with van der Waals surface area (Å²) in [5.74, 6) is -0.604. The maximum Gasteiger partial charge on any atom is 0.233 e. The summed E-state index contributed by atoms with van der Waals surface area (Å²) in [5, 5.41) is 5.54. The van der Waals surface area contributed by atoms with Crippen molar-refractivity contribution in [2.45, 2.75) is 12.8 Å². The number of para-hydroxylation sites is 2. The molecule has 1 saturated heterocycles. The monoisotopic (exact) mass is 335 g/mol. The topological polar surface area (TPSA) is 79.9 Å². The van der Waals surface area contributed by atoms with Gasteiger partial charge in [-0.25, -0.2) is 0 Å². The first-order valence-corrected chi connectivity index (χ1v) is 8.18. The number of morpholine rings is 1. The molecule has 2 amide bonds. The number of nitrogens with one attached hydrogen (secondary N) is 2. The minimum absolute atomic E-state index is 0.190. The first-order chi connectivity index (χ1) is 11.7. The Morgan fingerprint density at radius 3 is 2.71 bits per heavy atom. The Labute approximate surface area is 142 Å². The second-order valence-corrected chi connectivity index (χ2v) is 5.54. The average Bonchev–Trinajstić information content (AvgIpc) is 2.60. The fourth-order valence-corrected chi connectivity index (χ4v) is 2.51. The van der Waals surface area contributed by atoms with E-state index in [0.29, 0.717) is 26.4 Å². The van der Waals surface area contributed by atoms with Gasteiger partial charge in [-0.05, 0) is 18.6 Å². The SMILES string of the molecule is COCCCNC(=O)CC(=O)Nc1ccccc1N1CCOCC1. The summed E-state index contributed by atoms with van der Waals surface area (Å²) in [6.07, 6.45) is 0.536. The largest absolute Gasteiger partial charge is 0.385 e. The zero-order chi connectivity index (χ0) is 17.2. The molecule has 1 fully saturated rings. The molecule has 7 nitrogen and oxygen atoms in total. The molecule has 0 aliphatic carbocycles. The summed E-state index contributed by atoms with van der Waals surface area (Å²) in [6.45, 7) is 4.00. The quantitative estimate of drug-likeness (QED) is 0.547. The minimum Gasteiger partial charge on any atom is -0.385 e. The number of amides is 2. The first-order valence-electron chi connectivity index (χ1n) is 8.18. The van der Waals surface area contributed by atoms with Crippen LogP contribution in [0.1, 0.15) is 12.8 Å². The third-order valence-corrected chi connectivity index (χ3v) is 3.70. The van der Waals surface area contributed by atoms with Gasteiger partial charge in [-0.1, -0.05) is 12.1 Å². The molecule has 0 aromatic heterocycles. The highest BCUT2D eigenvalue weighted by Crippen LogP contribution is 2.26. The van der Waals surface area contributed by atoms with E-state index in [1.165, 1.54) is 0 Å². The molecule has 0 unspecified atom stereocenters. The first kappa shape index (κ1) is 18.2. The van der Waals surface area contributed by atoms with Crippen molar-refractivity contribution in [1.29, 1.82) is 0 Å². The lowest BCUT2D eigenvalue weighted by Gasteiger charge is -2.30. The van der Waals surface area contributed by atoms with Crippen molar-refractivity contribution in [1.82, 2.24) is 5.32 Å². The van der Waals surface area contributed by atoms with Gasteiger partial charge < -0.3 is 25.0 Å². The standard InChI is InChI=1S/C17H25N3O4/c1-23-10-4-7-18-16(21)13-17(22)19-14-5-2-3-6-15(14)20-8-11-24-12-9-20/h2-3,5-6H,4,7-13H2,1H3,(H,18,21)(H,19,22). The normalized spacial score (nSPS) is 14.3. The molecule has 1 heterocycles. The zero-order valence-electron chi connectivity index (χ0n) is 14.0. The lowest BCUT2D eigenvalue weighted by molar-refractivity contribution is -0.126. The zero-order valence-corrected chi connectivity index (χ0v) is 14.0. The number of rotatable bonds is 8. The number of methoxy groups -OCH3 is 1. The van der Waals surface area contributed by atoms with Gasteiger partial charge in [0, 0.05) is 33.4 Å². The van der Waals surface area contributed by atoms with Crippen LogP contribution < -0.4 is 15.5 Å². The Hall–Kier alpha value is -2.12. The van der Waals surface area contributed by atoms with Crippen molar-refractivity contribution >= 4 is 23.2 Å². The molecule has 1 aromatic carbocycles. The van der Waals surface area contributed by atoms with E-state index in [4.69, 9.17) is 9.47 Å². The number of nitrogens with zero attached hydrogens (tertiary/aromatic N) is 1. The highest BCUT2D eigenvalue weighted by Gasteiger charge is 2.16. The molecular weight excluding hydrogens is 310 g/mol. The summed E-state index contributed by atoms with van der Waals surface area (Å²) in [7, 11) is 1.61. The van der Waals surface area contributed by atoms with Gasteiger partial charge in [0.2, 0.25) is 11.8 Å². The van der Waals surface area contributed by atoms with E-state index in [1.54, 1.807) is 7.11 Å². The Morgan fingerprint density at radius 2 is 1.96 bits per heavy atom. The van der Waals surface area contributed by atoms with Gasteiger partial charge in [0.15, 0.2) is 0 Å². The van der Waals surface area contributed by atoms with Gasteiger partial charge in [0.05, 0.1) is 24.6 Å². The number of anilines is 2. The second-order valence-electron chi connectivity index (χ2n) is 5.54. The molecule has 132 valence electrons. The number of benzene rings is 1. The lowest BCUT2D eigenvalue weighted by Crippen LogP contribution is -2.37. The van der Waals surface area contributed by atoms with Crippen LogP contribution in [0.2, 0.25) is 0 Å². The van der Waals surface area contributed by atoms with Gasteiger partial charge in [-0.15, -0.1) is 0 Å². The Bertz CT molecular complexity index is 544. The molecular formula is C17H25N3O4. The van der Waals surface area contributed by atoms with E-state index in [9.17, 15) is 9.59 Å². The van der Waals surface area contributed by atoms with E-state index in [1.807, 2.05) is 24.3 Å². The van der Waals surface area contributed by atoms with Crippen LogP contribution in [0.4, 0.5) is 11.4 Å². The van der Waals surface area contributed by atoms with Crippen LogP contribution in [0.15, 0.2) is 24.3 Å². The highest BCUT2D eigenvalue weighted by atomic mass is 16.5. The van der Waals surface area contributed by atoms with Crippen molar-refractivity contribution in [3.05, 3.63) is 24.3 Å². The maximum absolute atomic E-state index is 12.1. The van der Waals surface area contributed by atoms with Crippen LogP contribution in [0, 0.1) is 0 Å². The van der Waals surface area contributed by atoms with Gasteiger partial charge in [-0.2, -0.15) is 0 Å². The van der Waals surface area contributed by atoms with E-state index in [-0.39, 0.29) is 18.2 Å². The predicted octanol–water partition coefficient (Wildman–Crippen LogP) is 1.00. The molecule has 1 aromatic rings. The summed E-state index contributed by atoms with van der Waals surface area (Å²) in [4.78, 5) is 26.0. The average molecular weight is 335 g/mol. The number of hydrogen-bond donors (Lipinski definition) is 2. The minimum atomic E-state index is -0.319. The van der Waals surface area contributed by atoms with Gasteiger partial charge in [0.25, 0.3) is 0 Å². The molecule has 2 N–H and O–H groups in total. The third-order valence-electron chi connectivity index (χ3n) is 3.70. The molecule has 24 heavy (non-hydrogen) atoms. The van der Waals surface area contributed by atoms with E-state index in [2.05, 4.69) is 15.5 Å². The lowest BCUT2D eigenvalue weighted by atomic mass is 10.2. The fraction of sp³-hybridized carbons (Fsp3) is 0.529. The summed E-state index contributed by atoms with van der Waals surface area (Å²) in [6, 6.07) is 7.61. The molecule has 1 aliphatic rings. The van der Waals surface area contributed by atoms with Crippen molar-refractivity contribution < 1.29 is 19.1 Å². The fourth-order valence-electron chi connectivity index (χ4n) is 2.51. The number of carbonyl (C=O) groups excluding carboxylic acids is 2. The summed E-state index contributed by atoms with van der Waals surface area (Å²) >= 11 is 0. The van der Waals surface area contributed by atoms with E-state index < -0.39 is 0 Å². The van der Waals surface area contributed by atoms with Crippen LogP contribution in [-0.2, 0) is 19.1 Å². The van der Waals surface area contributed by atoms with Crippen LogP contribution in [0.3, 0.4) is 0 Å². The molecule has 0 radical (unpaired) electrons. The van der Waals surface area contributed by atoms with Crippen LogP contribution in [0.5, 0.6) is 0 Å². The number of ether oxygens (including phenoxy) is 2. The number of hydrogen-bond acceptors (Lipinski definition) is 5. The van der Waals surface area contributed by atoms with Crippen LogP contribution in [0.25, 0.3) is 0 Å². The van der Waals surface area contributed by atoms with Gasteiger partial charge in [-0.3, -0.25) is 9.59 Å². The third kappa shape index (κ3) is 5.82. The Kier molecular flexibility index (Phi) is 7.51. The molecule has 0 spiro atoms. The molecule has 1 aliphatic heterocycles. The van der Waals surface area contributed by atoms with Crippen molar-refractivity contribution in [3.8, 4) is 0 Å². The second kappa shape index (κ2) is 9.89. The van der Waals surface area contributed by atoms with Crippen molar-refractivity contribution in [2.24, 2.45) is 0 Å². The Balaban J connectivity index is 1.86. The highest BCUT2D eigenvalue weighted by molar-refractivity contribution is 6.04. The van der Waals surface area contributed by atoms with E-state index >= 15 is 0 Å². The summed E-state index contributed by atoms with van der Waals surface area (Å²) in [5.41, 5.74) is 1.67. The smallest absolute Gasteiger partial charge is 0.233 e. The Morgan fingerprint density at radius 1 is 1.21 bits per heavy atom. The van der Waals surface area contributed by atoms with Gasteiger partial charge in [0.1, 0.15) is 6.42 Å². The predicted molar refractivity (Wildman–Crippen MR) is 92.2 cm³/mol. The maximum atomic E-state index is 12.1. The molecule has 2 rings (SSSR count). The van der Waals surface area contributed by atoms with E-state index in [0.717, 1.165) is 30.9 Å². The van der Waals surface area contributed by atoms with Crippen molar-refractivity contribution in [2.75, 3.05) is 56.8 Å². The van der Waals surface area contributed by atoms with Gasteiger partial charge >= 0.3 is 0 Å². The van der Waals surface area contributed by atoms with Crippen LogP contribution in [-0.4, -0.2) is 58.4 Å².